The lowest BCUT2D eigenvalue weighted by Gasteiger charge is -2.01. The van der Waals surface area contributed by atoms with Crippen LogP contribution in [0.25, 0.3) is 0 Å². The highest BCUT2D eigenvalue weighted by Gasteiger charge is 2.16. The first-order chi connectivity index (χ1) is 8.09. The van der Waals surface area contributed by atoms with Crippen molar-refractivity contribution in [2.45, 2.75) is 19.9 Å². The van der Waals surface area contributed by atoms with Crippen LogP contribution >= 0.6 is 11.3 Å². The van der Waals surface area contributed by atoms with Crippen LogP contribution in [0.1, 0.15) is 39.6 Å². The van der Waals surface area contributed by atoms with Gasteiger partial charge in [0, 0.05) is 23.3 Å². The molecule has 0 bridgehead atoms. The molecule has 0 spiro atoms. The predicted octanol–water partition coefficient (Wildman–Crippen LogP) is 2.10. The normalized spacial score (nSPS) is 12.4. The van der Waals surface area contributed by atoms with Gasteiger partial charge in [0.15, 0.2) is 0 Å². The number of aromatic nitrogens is 2. The summed E-state index contributed by atoms with van der Waals surface area (Å²) in [7, 11) is 0. The minimum absolute atomic E-state index is 0.0984. The van der Waals surface area contributed by atoms with Gasteiger partial charge < -0.3 is 5.73 Å². The Kier molecular flexibility index (Phi) is 3.31. The fourth-order valence-corrected chi connectivity index (χ4v) is 2.20. The molecule has 0 fully saturated rings. The van der Waals surface area contributed by atoms with Crippen molar-refractivity contribution in [2.24, 2.45) is 5.73 Å². The molecule has 0 amide bonds. The number of carbonyl (C=O) groups excluding carboxylic acids is 1. The third-order valence-corrected chi connectivity index (χ3v) is 3.47. The predicted molar refractivity (Wildman–Crippen MR) is 67.1 cm³/mol. The van der Waals surface area contributed by atoms with E-state index in [1.54, 1.807) is 17.8 Å². The molecule has 2 rings (SSSR count). The van der Waals surface area contributed by atoms with Crippen LogP contribution in [-0.2, 0) is 0 Å². The molecule has 2 N–H and O–H groups in total. The molecule has 0 radical (unpaired) electrons. The lowest BCUT2D eigenvalue weighted by molar-refractivity contribution is 0.103. The van der Waals surface area contributed by atoms with E-state index in [4.69, 9.17) is 5.73 Å². The van der Waals surface area contributed by atoms with Gasteiger partial charge in [0.1, 0.15) is 10.7 Å². The van der Waals surface area contributed by atoms with Crippen LogP contribution in [0, 0.1) is 6.92 Å². The van der Waals surface area contributed by atoms with E-state index >= 15 is 0 Å². The summed E-state index contributed by atoms with van der Waals surface area (Å²) in [6.45, 7) is 3.73. The number of pyridine rings is 1. The average molecular weight is 247 g/mol. The van der Waals surface area contributed by atoms with Crippen molar-refractivity contribution >= 4 is 17.1 Å². The summed E-state index contributed by atoms with van der Waals surface area (Å²) in [6.07, 6.45) is 3.24. The van der Waals surface area contributed by atoms with Crippen molar-refractivity contribution in [1.82, 2.24) is 9.97 Å². The molecule has 1 atom stereocenters. The molecule has 1 unspecified atom stereocenters. The SMILES string of the molecule is Cc1ccncc1C(=O)c1csc(C(C)N)n1. The maximum absolute atomic E-state index is 12.2. The van der Waals surface area contributed by atoms with Gasteiger partial charge in [-0.05, 0) is 25.5 Å². The number of ketones is 1. The van der Waals surface area contributed by atoms with E-state index in [9.17, 15) is 4.79 Å². The maximum atomic E-state index is 12.2. The standard InChI is InChI=1S/C12H13N3OS/c1-7-3-4-14-5-9(7)11(16)10-6-17-12(15-10)8(2)13/h3-6,8H,13H2,1-2H3. The second kappa shape index (κ2) is 4.73. The summed E-state index contributed by atoms with van der Waals surface area (Å²) in [5.41, 5.74) is 7.66. The third kappa shape index (κ3) is 2.40. The van der Waals surface area contributed by atoms with Gasteiger partial charge in [-0.1, -0.05) is 0 Å². The molecule has 2 aromatic rings. The molecule has 88 valence electrons. The Morgan fingerprint density at radius 2 is 2.29 bits per heavy atom. The molecule has 0 aliphatic rings. The molecule has 0 aliphatic carbocycles. The molecule has 0 aliphatic heterocycles. The van der Waals surface area contributed by atoms with Gasteiger partial charge in [-0.25, -0.2) is 4.98 Å². The van der Waals surface area contributed by atoms with Crippen LogP contribution < -0.4 is 5.73 Å². The molecule has 2 aromatic heterocycles. The second-order valence-electron chi connectivity index (χ2n) is 3.88. The Morgan fingerprint density at radius 1 is 1.53 bits per heavy atom. The Labute approximate surface area is 104 Å². The van der Waals surface area contributed by atoms with Crippen LogP contribution in [0.2, 0.25) is 0 Å². The Balaban J connectivity index is 2.34. The Morgan fingerprint density at radius 3 is 2.88 bits per heavy atom. The van der Waals surface area contributed by atoms with Gasteiger partial charge in [-0.3, -0.25) is 9.78 Å². The van der Waals surface area contributed by atoms with Crippen molar-refractivity contribution in [3.05, 3.63) is 45.7 Å². The largest absolute Gasteiger partial charge is 0.322 e. The monoisotopic (exact) mass is 247 g/mol. The van der Waals surface area contributed by atoms with Crippen molar-refractivity contribution in [1.29, 1.82) is 0 Å². The topological polar surface area (TPSA) is 68.9 Å². The van der Waals surface area contributed by atoms with Gasteiger partial charge in [0.2, 0.25) is 5.78 Å². The number of aryl methyl sites for hydroxylation is 1. The van der Waals surface area contributed by atoms with Crippen LogP contribution in [0.3, 0.4) is 0 Å². The molecule has 2 heterocycles. The highest BCUT2D eigenvalue weighted by Crippen LogP contribution is 2.19. The third-order valence-electron chi connectivity index (χ3n) is 2.43. The fourth-order valence-electron chi connectivity index (χ4n) is 1.44. The second-order valence-corrected chi connectivity index (χ2v) is 4.77. The lowest BCUT2D eigenvalue weighted by atomic mass is 10.1. The Bertz CT molecular complexity index is 548. The molecule has 0 aromatic carbocycles. The van der Waals surface area contributed by atoms with Crippen molar-refractivity contribution in [3.63, 3.8) is 0 Å². The quantitative estimate of drug-likeness (QED) is 0.843. The molecule has 5 heteroatoms. The van der Waals surface area contributed by atoms with Crippen molar-refractivity contribution in [2.75, 3.05) is 0 Å². The van der Waals surface area contributed by atoms with E-state index in [2.05, 4.69) is 9.97 Å². The highest BCUT2D eigenvalue weighted by molar-refractivity contribution is 7.09. The highest BCUT2D eigenvalue weighted by atomic mass is 32.1. The van der Waals surface area contributed by atoms with Gasteiger partial charge in [0.25, 0.3) is 0 Å². The maximum Gasteiger partial charge on any atom is 0.214 e. The first-order valence-electron chi connectivity index (χ1n) is 5.26. The minimum Gasteiger partial charge on any atom is -0.322 e. The summed E-state index contributed by atoms with van der Waals surface area (Å²) < 4.78 is 0. The zero-order valence-electron chi connectivity index (χ0n) is 9.68. The lowest BCUT2D eigenvalue weighted by Crippen LogP contribution is -2.07. The smallest absolute Gasteiger partial charge is 0.214 e. The summed E-state index contributed by atoms with van der Waals surface area (Å²) >= 11 is 1.41. The summed E-state index contributed by atoms with van der Waals surface area (Å²) in [5.74, 6) is -0.0984. The zero-order valence-corrected chi connectivity index (χ0v) is 10.5. The molecule has 0 saturated carbocycles. The molecular formula is C12H13N3OS. The van der Waals surface area contributed by atoms with Crippen molar-refractivity contribution in [3.8, 4) is 0 Å². The van der Waals surface area contributed by atoms with E-state index in [0.29, 0.717) is 11.3 Å². The van der Waals surface area contributed by atoms with Gasteiger partial charge in [-0.2, -0.15) is 0 Å². The first-order valence-corrected chi connectivity index (χ1v) is 6.14. The first kappa shape index (κ1) is 11.9. The number of hydrogen-bond donors (Lipinski definition) is 1. The average Bonchev–Trinajstić information content (AvgIpc) is 2.78. The van der Waals surface area contributed by atoms with Crippen LogP contribution in [0.15, 0.2) is 23.8 Å². The molecular weight excluding hydrogens is 234 g/mol. The van der Waals surface area contributed by atoms with E-state index in [1.807, 2.05) is 19.9 Å². The van der Waals surface area contributed by atoms with E-state index in [-0.39, 0.29) is 11.8 Å². The van der Waals surface area contributed by atoms with Gasteiger partial charge in [0.05, 0.1) is 6.04 Å². The Hall–Kier alpha value is -1.59. The van der Waals surface area contributed by atoms with Gasteiger partial charge in [-0.15, -0.1) is 11.3 Å². The van der Waals surface area contributed by atoms with E-state index in [0.717, 1.165) is 10.6 Å². The van der Waals surface area contributed by atoms with E-state index in [1.165, 1.54) is 11.3 Å². The number of thiazole rings is 1. The molecule has 4 nitrogen and oxygen atoms in total. The molecule has 17 heavy (non-hydrogen) atoms. The summed E-state index contributed by atoms with van der Waals surface area (Å²) in [4.78, 5) is 20.4. The summed E-state index contributed by atoms with van der Waals surface area (Å²) in [6, 6.07) is 1.67. The van der Waals surface area contributed by atoms with Crippen LogP contribution in [0.5, 0.6) is 0 Å². The van der Waals surface area contributed by atoms with Crippen molar-refractivity contribution < 1.29 is 4.79 Å². The zero-order chi connectivity index (χ0) is 12.4. The number of hydrogen-bond acceptors (Lipinski definition) is 5. The number of rotatable bonds is 3. The minimum atomic E-state index is -0.142. The number of nitrogens with zero attached hydrogens (tertiary/aromatic N) is 2. The number of nitrogens with two attached hydrogens (primary N) is 1. The fraction of sp³-hybridized carbons (Fsp3) is 0.250. The molecule has 0 saturated heterocycles. The summed E-state index contributed by atoms with van der Waals surface area (Å²) in [5, 5.41) is 2.52. The van der Waals surface area contributed by atoms with Crippen LogP contribution in [-0.4, -0.2) is 15.8 Å². The van der Waals surface area contributed by atoms with Gasteiger partial charge >= 0.3 is 0 Å². The number of carbonyl (C=O) groups is 1. The van der Waals surface area contributed by atoms with Crippen LogP contribution in [0.4, 0.5) is 0 Å². The van der Waals surface area contributed by atoms with E-state index < -0.39 is 0 Å².